The summed E-state index contributed by atoms with van der Waals surface area (Å²) >= 11 is 1.20. The number of aromatic nitrogens is 1. The molecule has 1 aromatic carbocycles. The zero-order valence-electron chi connectivity index (χ0n) is 8.49. The molecule has 0 spiro atoms. The van der Waals surface area contributed by atoms with Gasteiger partial charge in [0.2, 0.25) is 0 Å². The van der Waals surface area contributed by atoms with Crippen LogP contribution in [-0.2, 0) is 0 Å². The monoisotopic (exact) mass is 233 g/mol. The van der Waals surface area contributed by atoms with E-state index in [4.69, 9.17) is 5.26 Å². The minimum Gasteiger partial charge on any atom is -0.345 e. The fourth-order valence-corrected chi connectivity index (χ4v) is 2.05. The quantitative estimate of drug-likeness (QED) is 0.866. The third-order valence-corrected chi connectivity index (χ3v) is 2.91. The maximum atomic E-state index is 12.9. The van der Waals surface area contributed by atoms with Crippen LogP contribution in [0.4, 0.5) is 15.1 Å². The molecule has 0 atom stereocenters. The number of nitrogens with one attached hydrogen (secondary N) is 1. The molecular weight excluding hydrogens is 225 g/mol. The lowest BCUT2D eigenvalue weighted by atomic mass is 10.2. The van der Waals surface area contributed by atoms with Gasteiger partial charge in [-0.2, -0.15) is 9.64 Å². The van der Waals surface area contributed by atoms with Crippen molar-refractivity contribution in [2.24, 2.45) is 0 Å². The Morgan fingerprint density at radius 1 is 1.50 bits per heavy atom. The van der Waals surface area contributed by atoms with Crippen LogP contribution in [0.25, 0.3) is 0 Å². The average molecular weight is 233 g/mol. The SMILES string of the molecule is Cc1nsc(Nc2cccc(F)c2)c1C#N. The van der Waals surface area contributed by atoms with Gasteiger partial charge in [0.15, 0.2) is 0 Å². The van der Waals surface area contributed by atoms with Crippen molar-refractivity contribution in [3.63, 3.8) is 0 Å². The zero-order chi connectivity index (χ0) is 11.5. The van der Waals surface area contributed by atoms with Gasteiger partial charge in [-0.1, -0.05) is 6.07 Å². The molecule has 0 aliphatic rings. The first kappa shape index (κ1) is 10.6. The number of halogens is 1. The molecule has 0 aliphatic heterocycles. The Morgan fingerprint density at radius 2 is 2.31 bits per heavy atom. The number of nitrogens with zero attached hydrogens (tertiary/aromatic N) is 2. The van der Waals surface area contributed by atoms with Crippen molar-refractivity contribution in [1.82, 2.24) is 4.37 Å². The number of hydrogen-bond acceptors (Lipinski definition) is 4. The Balaban J connectivity index is 2.31. The predicted octanol–water partition coefficient (Wildman–Crippen LogP) is 3.21. The van der Waals surface area contributed by atoms with E-state index in [-0.39, 0.29) is 5.82 Å². The fourth-order valence-electron chi connectivity index (χ4n) is 1.28. The highest BCUT2D eigenvalue weighted by atomic mass is 32.1. The molecule has 0 unspecified atom stereocenters. The van der Waals surface area contributed by atoms with E-state index in [0.29, 0.717) is 21.9 Å². The van der Waals surface area contributed by atoms with E-state index in [9.17, 15) is 4.39 Å². The first-order chi connectivity index (χ1) is 7.70. The number of anilines is 2. The maximum absolute atomic E-state index is 12.9. The summed E-state index contributed by atoms with van der Waals surface area (Å²) in [4.78, 5) is 0. The highest BCUT2D eigenvalue weighted by molar-refractivity contribution is 7.10. The summed E-state index contributed by atoms with van der Waals surface area (Å²) in [6, 6.07) is 8.16. The van der Waals surface area contributed by atoms with Gasteiger partial charge in [0.05, 0.1) is 5.69 Å². The zero-order valence-corrected chi connectivity index (χ0v) is 9.31. The Labute approximate surface area is 96.3 Å². The summed E-state index contributed by atoms with van der Waals surface area (Å²) < 4.78 is 17.0. The smallest absolute Gasteiger partial charge is 0.132 e. The Hall–Kier alpha value is -1.93. The Bertz CT molecular complexity index is 557. The second-order valence-electron chi connectivity index (χ2n) is 3.22. The van der Waals surface area contributed by atoms with Gasteiger partial charge in [0, 0.05) is 5.69 Å². The van der Waals surface area contributed by atoms with Gasteiger partial charge < -0.3 is 5.32 Å². The van der Waals surface area contributed by atoms with Crippen molar-refractivity contribution in [1.29, 1.82) is 5.26 Å². The molecule has 1 heterocycles. The molecule has 2 aromatic rings. The van der Waals surface area contributed by atoms with E-state index >= 15 is 0 Å². The van der Waals surface area contributed by atoms with Crippen LogP contribution in [0.3, 0.4) is 0 Å². The molecule has 80 valence electrons. The first-order valence-electron chi connectivity index (χ1n) is 4.59. The van der Waals surface area contributed by atoms with Crippen molar-refractivity contribution in [3.8, 4) is 6.07 Å². The molecular formula is C11H8FN3S. The molecule has 0 fully saturated rings. The van der Waals surface area contributed by atoms with Crippen molar-refractivity contribution in [2.45, 2.75) is 6.92 Å². The van der Waals surface area contributed by atoms with E-state index in [0.717, 1.165) is 0 Å². The van der Waals surface area contributed by atoms with Gasteiger partial charge >= 0.3 is 0 Å². The van der Waals surface area contributed by atoms with Crippen LogP contribution in [0, 0.1) is 24.1 Å². The molecule has 3 nitrogen and oxygen atoms in total. The van der Waals surface area contributed by atoms with Crippen LogP contribution in [0.5, 0.6) is 0 Å². The molecule has 16 heavy (non-hydrogen) atoms. The molecule has 2 rings (SSSR count). The topological polar surface area (TPSA) is 48.7 Å². The molecule has 0 bridgehead atoms. The van der Waals surface area contributed by atoms with Crippen molar-refractivity contribution in [3.05, 3.63) is 41.3 Å². The molecule has 0 saturated carbocycles. The van der Waals surface area contributed by atoms with Gasteiger partial charge in [-0.3, -0.25) is 0 Å². The lowest BCUT2D eigenvalue weighted by molar-refractivity contribution is 0.628. The van der Waals surface area contributed by atoms with Gasteiger partial charge in [-0.05, 0) is 36.7 Å². The molecule has 1 N–H and O–H groups in total. The summed E-state index contributed by atoms with van der Waals surface area (Å²) in [5.74, 6) is -0.315. The Morgan fingerprint density at radius 3 is 3.00 bits per heavy atom. The van der Waals surface area contributed by atoms with E-state index in [2.05, 4.69) is 15.8 Å². The largest absolute Gasteiger partial charge is 0.345 e. The first-order valence-corrected chi connectivity index (χ1v) is 5.37. The van der Waals surface area contributed by atoms with Crippen molar-refractivity contribution < 1.29 is 4.39 Å². The average Bonchev–Trinajstić information content (AvgIpc) is 2.59. The lowest BCUT2D eigenvalue weighted by Gasteiger charge is -2.03. The van der Waals surface area contributed by atoms with E-state index in [1.807, 2.05) is 0 Å². The minimum atomic E-state index is -0.315. The second-order valence-corrected chi connectivity index (χ2v) is 3.99. The highest BCUT2D eigenvalue weighted by Gasteiger charge is 2.09. The number of hydrogen-bond donors (Lipinski definition) is 1. The van der Waals surface area contributed by atoms with Crippen LogP contribution in [0.15, 0.2) is 24.3 Å². The van der Waals surface area contributed by atoms with Crippen LogP contribution >= 0.6 is 11.5 Å². The summed E-state index contributed by atoms with van der Waals surface area (Å²) in [7, 11) is 0. The lowest BCUT2D eigenvalue weighted by Crippen LogP contribution is -1.90. The maximum Gasteiger partial charge on any atom is 0.132 e. The summed E-state index contributed by atoms with van der Waals surface area (Å²) in [5.41, 5.74) is 1.81. The van der Waals surface area contributed by atoms with Gasteiger partial charge in [-0.25, -0.2) is 4.39 Å². The van der Waals surface area contributed by atoms with Gasteiger partial charge in [0.25, 0.3) is 0 Å². The minimum absolute atomic E-state index is 0.315. The van der Waals surface area contributed by atoms with E-state index < -0.39 is 0 Å². The summed E-state index contributed by atoms with van der Waals surface area (Å²) in [6.07, 6.45) is 0. The third kappa shape index (κ3) is 2.02. The van der Waals surface area contributed by atoms with E-state index in [1.165, 1.54) is 23.7 Å². The molecule has 5 heteroatoms. The summed E-state index contributed by atoms with van der Waals surface area (Å²) in [6.45, 7) is 1.77. The molecule has 0 radical (unpaired) electrons. The number of aryl methyl sites for hydroxylation is 1. The second kappa shape index (κ2) is 4.29. The van der Waals surface area contributed by atoms with Crippen molar-refractivity contribution >= 4 is 22.2 Å². The van der Waals surface area contributed by atoms with Gasteiger partial charge in [-0.15, -0.1) is 0 Å². The number of benzene rings is 1. The molecule has 1 aromatic heterocycles. The van der Waals surface area contributed by atoms with Crippen LogP contribution in [-0.4, -0.2) is 4.37 Å². The normalized spacial score (nSPS) is 9.81. The molecule has 0 aliphatic carbocycles. The van der Waals surface area contributed by atoms with Crippen LogP contribution in [0.1, 0.15) is 11.3 Å². The predicted molar refractivity (Wildman–Crippen MR) is 61.2 cm³/mol. The van der Waals surface area contributed by atoms with Gasteiger partial charge in [0.1, 0.15) is 22.5 Å². The third-order valence-electron chi connectivity index (χ3n) is 2.06. The highest BCUT2D eigenvalue weighted by Crippen LogP contribution is 2.27. The van der Waals surface area contributed by atoms with E-state index in [1.54, 1.807) is 19.1 Å². The van der Waals surface area contributed by atoms with Crippen LogP contribution < -0.4 is 5.32 Å². The number of rotatable bonds is 2. The van der Waals surface area contributed by atoms with Crippen molar-refractivity contribution in [2.75, 3.05) is 5.32 Å². The van der Waals surface area contributed by atoms with Crippen LogP contribution in [0.2, 0.25) is 0 Å². The molecule has 0 amide bonds. The standard InChI is InChI=1S/C11H8FN3S/c1-7-10(6-13)11(16-15-7)14-9-4-2-3-8(12)5-9/h2-5,14H,1H3. The Kier molecular flexibility index (Phi) is 2.84. The number of nitriles is 1. The fraction of sp³-hybridized carbons (Fsp3) is 0.0909. The molecule has 0 saturated heterocycles. The summed E-state index contributed by atoms with van der Waals surface area (Å²) in [5, 5.41) is 12.5.